The largest absolute Gasteiger partial charge is 2.00 e. The summed E-state index contributed by atoms with van der Waals surface area (Å²) >= 11 is 0. The molecule has 4 heteroatoms. The second-order valence-corrected chi connectivity index (χ2v) is 0. The Kier molecular flexibility index (Phi) is 109. The van der Waals surface area contributed by atoms with Crippen molar-refractivity contribution in [2.24, 2.45) is 0 Å². The quantitative estimate of drug-likeness (QED) is 0.534. The van der Waals surface area contributed by atoms with Crippen molar-refractivity contribution >= 4 is 48.9 Å². The van der Waals surface area contributed by atoms with E-state index >= 15 is 0 Å². The molecule has 0 aliphatic rings. The van der Waals surface area contributed by atoms with Gasteiger partial charge in [0.05, 0.1) is 0 Å². The first-order chi connectivity index (χ1) is 0. The van der Waals surface area contributed by atoms with E-state index in [1.807, 2.05) is 0 Å². The Morgan fingerprint density at radius 2 is 1.25 bits per heavy atom. The van der Waals surface area contributed by atoms with Gasteiger partial charge in [-0.2, -0.15) is 0 Å². The molecule has 0 aromatic rings. The van der Waals surface area contributed by atoms with Crippen molar-refractivity contribution in [3.05, 3.63) is 0 Å². The number of hydrogen-bond donors (Lipinski definition) is 0. The maximum atomic E-state index is 0. The van der Waals surface area contributed by atoms with Gasteiger partial charge in [0.15, 0.2) is 0 Å². The van der Waals surface area contributed by atoms with Crippen molar-refractivity contribution in [1.82, 2.24) is 0 Å². The summed E-state index contributed by atoms with van der Waals surface area (Å²) in [4.78, 5) is 0. The van der Waals surface area contributed by atoms with Gasteiger partial charge in [-0.3, -0.25) is 0 Å². The Labute approximate surface area is 107 Å². The van der Waals surface area contributed by atoms with E-state index in [4.69, 9.17) is 0 Å². The molecule has 0 aliphatic heterocycles. The molecule has 0 fully saturated rings. The zero-order valence-electron chi connectivity index (χ0n) is 3.99. The molecular formula is H2BaCuLaO. The van der Waals surface area contributed by atoms with Crippen LogP contribution in [-0.2, 0) is 22.5 Å². The summed E-state index contributed by atoms with van der Waals surface area (Å²) in [6, 6.07) is 0. The standard InChI is InChI=1S/Ba.Cu.La.O.2H/q2*+2;;-2;2*-1. The molecule has 0 aromatic carbocycles. The normalized spacial score (nSPS) is 0. The Morgan fingerprint density at radius 1 is 1.25 bits per heavy atom. The second kappa shape index (κ2) is 16.3. The molecule has 0 amide bonds. The van der Waals surface area contributed by atoms with Crippen molar-refractivity contribution in [3.8, 4) is 0 Å². The van der Waals surface area contributed by atoms with Crippen LogP contribution in [0.5, 0.6) is 0 Å². The van der Waals surface area contributed by atoms with Crippen LogP contribution in [0.4, 0.5) is 0 Å². The molecule has 0 heterocycles. The minimum atomic E-state index is 0. The molecule has 0 rings (SSSR count). The van der Waals surface area contributed by atoms with Crippen LogP contribution < -0.4 is 0 Å². The predicted molar refractivity (Wildman–Crippen MR) is 8.66 cm³/mol. The SMILES string of the molecule is [Ba+2].[Cu+2].[H-].[H-].[La].[O-2]. The average molecular weight is 358 g/mol. The first-order valence-corrected chi connectivity index (χ1v) is 0. The summed E-state index contributed by atoms with van der Waals surface area (Å²) in [6.45, 7) is 0. The summed E-state index contributed by atoms with van der Waals surface area (Å²) in [5.41, 5.74) is 0. The fraction of sp³-hybridized carbons (Fsp3) is 0. The molecule has 0 saturated carbocycles. The van der Waals surface area contributed by atoms with Gasteiger partial charge >= 0.3 is 65.9 Å². The summed E-state index contributed by atoms with van der Waals surface area (Å²) in [7, 11) is 0. The molecule has 0 atom stereocenters. The van der Waals surface area contributed by atoms with Crippen molar-refractivity contribution in [3.63, 3.8) is 0 Å². The van der Waals surface area contributed by atoms with Gasteiger partial charge in [0.1, 0.15) is 0 Å². The summed E-state index contributed by atoms with van der Waals surface area (Å²) < 4.78 is 0. The second-order valence-electron chi connectivity index (χ2n) is 0. The van der Waals surface area contributed by atoms with E-state index in [1.165, 1.54) is 0 Å². The van der Waals surface area contributed by atoms with E-state index in [0.29, 0.717) is 0 Å². The molecular weight excluding hydrogens is 356 g/mol. The van der Waals surface area contributed by atoms with Gasteiger partial charge < -0.3 is 8.33 Å². The van der Waals surface area contributed by atoms with Crippen molar-refractivity contribution in [2.75, 3.05) is 0 Å². The van der Waals surface area contributed by atoms with E-state index in [-0.39, 0.29) is 110 Å². The van der Waals surface area contributed by atoms with Crippen LogP contribution in [0.2, 0.25) is 0 Å². The third kappa shape index (κ3) is 8.98. The van der Waals surface area contributed by atoms with Gasteiger partial charge in [-0.25, -0.2) is 0 Å². The molecule has 1 nitrogen and oxygen atoms in total. The monoisotopic (exact) mass is 358 g/mol. The van der Waals surface area contributed by atoms with E-state index in [1.54, 1.807) is 0 Å². The van der Waals surface area contributed by atoms with E-state index < -0.39 is 0 Å². The van der Waals surface area contributed by atoms with Gasteiger partial charge in [0.2, 0.25) is 0 Å². The number of rotatable bonds is 0. The van der Waals surface area contributed by atoms with Crippen molar-refractivity contribution in [2.45, 2.75) is 0 Å². The Morgan fingerprint density at radius 3 is 1.25 bits per heavy atom. The molecule has 0 N–H and O–H groups in total. The van der Waals surface area contributed by atoms with Crippen molar-refractivity contribution < 1.29 is 61.0 Å². The van der Waals surface area contributed by atoms with Gasteiger partial charge in [-0.1, -0.05) is 0 Å². The van der Waals surface area contributed by atoms with Crippen LogP contribution in [0, 0.1) is 35.6 Å². The van der Waals surface area contributed by atoms with Crippen LogP contribution >= 0.6 is 0 Å². The number of hydrogen-bond acceptors (Lipinski definition) is 0. The zero-order valence-corrected chi connectivity index (χ0v) is 11.0. The molecule has 4 heavy (non-hydrogen) atoms. The summed E-state index contributed by atoms with van der Waals surface area (Å²) in [5.74, 6) is 0. The third-order valence-electron chi connectivity index (χ3n) is 0. The fourth-order valence-corrected chi connectivity index (χ4v) is 0. The van der Waals surface area contributed by atoms with E-state index in [2.05, 4.69) is 0 Å². The smallest absolute Gasteiger partial charge is 2.00 e. The summed E-state index contributed by atoms with van der Waals surface area (Å²) in [6.07, 6.45) is 0. The Hall–Kier alpha value is 3.25. The van der Waals surface area contributed by atoms with Gasteiger partial charge in [-0.15, -0.1) is 0 Å². The molecule has 24 valence electrons. The topological polar surface area (TPSA) is 28.5 Å². The molecule has 0 aliphatic carbocycles. The van der Waals surface area contributed by atoms with Crippen LogP contribution in [0.25, 0.3) is 0 Å². The maximum Gasteiger partial charge on any atom is 2.00 e. The van der Waals surface area contributed by atoms with E-state index in [0.717, 1.165) is 0 Å². The van der Waals surface area contributed by atoms with Crippen LogP contribution in [0.3, 0.4) is 0 Å². The minimum absolute atomic E-state index is 0. The molecule has 0 aromatic heterocycles. The zero-order chi connectivity index (χ0) is 0. The van der Waals surface area contributed by atoms with Gasteiger partial charge in [0, 0.05) is 35.6 Å². The molecule has 0 spiro atoms. The predicted octanol–water partition coefficient (Wildman–Crippen LogP) is -0.277. The maximum absolute atomic E-state index is 0. The van der Waals surface area contributed by atoms with Crippen molar-refractivity contribution in [1.29, 1.82) is 0 Å². The summed E-state index contributed by atoms with van der Waals surface area (Å²) in [5, 5.41) is 0. The van der Waals surface area contributed by atoms with E-state index in [9.17, 15) is 0 Å². The van der Waals surface area contributed by atoms with Crippen LogP contribution in [-0.4, -0.2) is 48.9 Å². The van der Waals surface area contributed by atoms with Gasteiger partial charge in [-0.05, 0) is 0 Å². The molecule has 0 saturated heterocycles. The average Bonchev–Trinajstić information content (AvgIpc) is 0. The molecule has 0 bridgehead atoms. The Balaban J connectivity index is 0. The fourth-order valence-electron chi connectivity index (χ4n) is 0. The first-order valence-electron chi connectivity index (χ1n) is 0. The van der Waals surface area contributed by atoms with Gasteiger partial charge in [0.25, 0.3) is 0 Å². The third-order valence-corrected chi connectivity index (χ3v) is 0. The first kappa shape index (κ1) is 26.8. The molecule has 0 unspecified atom stereocenters. The molecule has 2 radical (unpaired) electrons. The van der Waals surface area contributed by atoms with Crippen LogP contribution in [0.1, 0.15) is 2.85 Å². The minimum Gasteiger partial charge on any atom is -2.00 e. The van der Waals surface area contributed by atoms with Crippen LogP contribution in [0.15, 0.2) is 0 Å². The Bertz CT molecular complexity index is 13.5.